The molecule has 7 nitrogen and oxygen atoms in total. The number of hydrogen-bond acceptors (Lipinski definition) is 6. The summed E-state index contributed by atoms with van der Waals surface area (Å²) < 4.78 is 15.0. The van der Waals surface area contributed by atoms with Gasteiger partial charge in [0.05, 0.1) is 6.26 Å². The highest BCUT2D eigenvalue weighted by molar-refractivity contribution is 5.71. The highest BCUT2D eigenvalue weighted by Gasteiger charge is 2.15. The van der Waals surface area contributed by atoms with Crippen LogP contribution in [-0.4, -0.2) is 27.3 Å². The third kappa shape index (κ3) is 2.70. The lowest BCUT2D eigenvalue weighted by atomic mass is 10.4. The monoisotopic (exact) mass is 238 g/mol. The first-order valence-corrected chi connectivity index (χ1v) is 4.87. The zero-order chi connectivity index (χ0) is 12.3. The second-order valence-electron chi connectivity index (χ2n) is 3.28. The molecule has 0 fully saturated rings. The molecule has 0 amide bonds. The molecule has 0 radical (unpaired) electrons. The molecule has 2 rings (SSSR count). The zero-order valence-electron chi connectivity index (χ0n) is 8.99. The van der Waals surface area contributed by atoms with Gasteiger partial charge < -0.3 is 18.8 Å². The Morgan fingerprint density at radius 2 is 2.47 bits per heavy atom. The molecule has 0 aliphatic carbocycles. The maximum Gasteiger partial charge on any atom is 0.332 e. The molecule has 0 aliphatic rings. The molecule has 0 aliphatic heterocycles. The third-order valence-electron chi connectivity index (χ3n) is 2.01. The van der Waals surface area contributed by atoms with Crippen molar-refractivity contribution in [1.29, 1.82) is 0 Å². The molecule has 0 spiro atoms. The molecule has 0 aromatic carbocycles. The Morgan fingerprint density at radius 3 is 3.12 bits per heavy atom. The van der Waals surface area contributed by atoms with Crippen molar-refractivity contribution < 1.29 is 23.6 Å². The van der Waals surface area contributed by atoms with Gasteiger partial charge in [-0.3, -0.25) is 0 Å². The minimum Gasteiger partial charge on any atom is -0.479 e. The fraction of sp³-hybridized carbons (Fsp3) is 0.300. The Hall–Kier alpha value is -2.15. The number of ether oxygens (including phenoxy) is 1. The van der Waals surface area contributed by atoms with E-state index >= 15 is 0 Å². The molecule has 2 aromatic rings. The summed E-state index contributed by atoms with van der Waals surface area (Å²) >= 11 is 0. The number of carboxylic acid groups (broad SMARTS) is 1. The lowest BCUT2D eigenvalue weighted by molar-refractivity contribution is -0.150. The average Bonchev–Trinajstić information content (AvgIpc) is 2.95. The number of carbonyl (C=O) groups is 1. The molecule has 1 atom stereocenters. The lowest BCUT2D eigenvalue weighted by Gasteiger charge is -2.04. The number of hydrogen-bond donors (Lipinski definition) is 1. The highest BCUT2D eigenvalue weighted by atomic mass is 16.5. The predicted molar refractivity (Wildman–Crippen MR) is 53.9 cm³/mol. The van der Waals surface area contributed by atoms with Crippen molar-refractivity contribution in [2.75, 3.05) is 0 Å². The van der Waals surface area contributed by atoms with Gasteiger partial charge in [0, 0.05) is 0 Å². The number of nitrogens with zero attached hydrogens (tertiary/aromatic N) is 2. The summed E-state index contributed by atoms with van der Waals surface area (Å²) in [5.41, 5.74) is 0. The van der Waals surface area contributed by atoms with Gasteiger partial charge in [0.1, 0.15) is 6.61 Å². The van der Waals surface area contributed by atoms with E-state index < -0.39 is 12.1 Å². The van der Waals surface area contributed by atoms with Gasteiger partial charge in [-0.25, -0.2) is 4.79 Å². The van der Waals surface area contributed by atoms with E-state index in [0.29, 0.717) is 11.6 Å². The molecule has 0 bridgehead atoms. The van der Waals surface area contributed by atoms with E-state index in [9.17, 15) is 4.79 Å². The first-order chi connectivity index (χ1) is 8.16. The molecule has 2 heterocycles. The van der Waals surface area contributed by atoms with Crippen molar-refractivity contribution in [2.24, 2.45) is 0 Å². The minimum absolute atomic E-state index is 0.0544. The zero-order valence-corrected chi connectivity index (χ0v) is 8.99. The van der Waals surface area contributed by atoms with Crippen LogP contribution in [0.5, 0.6) is 0 Å². The molecular formula is C10H10N2O5. The van der Waals surface area contributed by atoms with E-state index in [4.69, 9.17) is 18.8 Å². The summed E-state index contributed by atoms with van der Waals surface area (Å²) in [4.78, 5) is 14.5. The van der Waals surface area contributed by atoms with Gasteiger partial charge in [0.15, 0.2) is 11.9 Å². The summed E-state index contributed by atoms with van der Waals surface area (Å²) in [6.45, 7) is 1.37. The molecule has 0 saturated heterocycles. The van der Waals surface area contributed by atoms with E-state index in [0.717, 1.165) is 0 Å². The van der Waals surface area contributed by atoms with Crippen LogP contribution in [0.2, 0.25) is 0 Å². The van der Waals surface area contributed by atoms with Gasteiger partial charge in [-0.1, -0.05) is 5.16 Å². The number of aromatic nitrogens is 2. The summed E-state index contributed by atoms with van der Waals surface area (Å²) in [5.74, 6) is -0.0665. The number of furan rings is 1. The fourth-order valence-electron chi connectivity index (χ4n) is 1.09. The van der Waals surface area contributed by atoms with Gasteiger partial charge in [0.25, 0.3) is 5.89 Å². The molecule has 1 N–H and O–H groups in total. The van der Waals surface area contributed by atoms with Gasteiger partial charge in [-0.15, -0.1) is 0 Å². The molecule has 17 heavy (non-hydrogen) atoms. The second kappa shape index (κ2) is 4.79. The molecule has 90 valence electrons. The summed E-state index contributed by atoms with van der Waals surface area (Å²) in [6.07, 6.45) is 0.572. The van der Waals surface area contributed by atoms with Crippen molar-refractivity contribution in [3.05, 3.63) is 24.3 Å². The SMILES string of the molecule is C[C@@H](OCc1nc(-c2ccco2)no1)C(=O)O. The van der Waals surface area contributed by atoms with Crippen molar-refractivity contribution >= 4 is 5.97 Å². The minimum atomic E-state index is -1.05. The average molecular weight is 238 g/mol. The standard InChI is InChI=1S/C10H10N2O5/c1-6(10(13)14)16-5-8-11-9(12-17-8)7-3-2-4-15-7/h2-4,6H,5H2,1H3,(H,13,14)/t6-/m1/s1. The maximum atomic E-state index is 10.5. The van der Waals surface area contributed by atoms with Crippen LogP contribution in [0.15, 0.2) is 27.3 Å². The Labute approximate surface area is 96.0 Å². The van der Waals surface area contributed by atoms with E-state index in [1.54, 1.807) is 12.1 Å². The van der Waals surface area contributed by atoms with Gasteiger partial charge >= 0.3 is 5.97 Å². The lowest BCUT2D eigenvalue weighted by Crippen LogP contribution is -2.19. The summed E-state index contributed by atoms with van der Waals surface area (Å²) in [7, 11) is 0. The molecule has 2 aromatic heterocycles. The Balaban J connectivity index is 1.97. The van der Waals surface area contributed by atoms with Crippen LogP contribution in [-0.2, 0) is 16.1 Å². The predicted octanol–water partition coefficient (Wildman–Crippen LogP) is 1.32. The molecular weight excluding hydrogens is 228 g/mol. The van der Waals surface area contributed by atoms with Crippen LogP contribution in [0.4, 0.5) is 0 Å². The van der Waals surface area contributed by atoms with E-state index in [1.807, 2.05) is 0 Å². The quantitative estimate of drug-likeness (QED) is 0.838. The fourth-order valence-corrected chi connectivity index (χ4v) is 1.09. The Bertz CT molecular complexity index is 491. The van der Waals surface area contributed by atoms with Gasteiger partial charge in [0.2, 0.25) is 5.82 Å². The van der Waals surface area contributed by atoms with Crippen molar-refractivity contribution in [3.8, 4) is 11.6 Å². The van der Waals surface area contributed by atoms with E-state index in [-0.39, 0.29) is 12.5 Å². The molecule has 7 heteroatoms. The van der Waals surface area contributed by atoms with Crippen molar-refractivity contribution in [2.45, 2.75) is 19.6 Å². The normalized spacial score (nSPS) is 12.5. The van der Waals surface area contributed by atoms with Crippen molar-refractivity contribution in [1.82, 2.24) is 10.1 Å². The van der Waals surface area contributed by atoms with E-state index in [1.165, 1.54) is 13.2 Å². The van der Waals surface area contributed by atoms with Gasteiger partial charge in [-0.05, 0) is 19.1 Å². The largest absolute Gasteiger partial charge is 0.479 e. The maximum absolute atomic E-state index is 10.5. The molecule has 0 unspecified atom stereocenters. The topological polar surface area (TPSA) is 98.6 Å². The van der Waals surface area contributed by atoms with Crippen LogP contribution >= 0.6 is 0 Å². The number of aliphatic carboxylic acids is 1. The van der Waals surface area contributed by atoms with Crippen LogP contribution in [0.3, 0.4) is 0 Å². The first kappa shape index (κ1) is 11.3. The van der Waals surface area contributed by atoms with Crippen LogP contribution in [0, 0.1) is 0 Å². The van der Waals surface area contributed by atoms with Crippen LogP contribution < -0.4 is 0 Å². The van der Waals surface area contributed by atoms with Crippen LogP contribution in [0.1, 0.15) is 12.8 Å². The van der Waals surface area contributed by atoms with Crippen molar-refractivity contribution in [3.63, 3.8) is 0 Å². The smallest absolute Gasteiger partial charge is 0.332 e. The third-order valence-corrected chi connectivity index (χ3v) is 2.01. The number of carboxylic acids is 1. The van der Waals surface area contributed by atoms with Gasteiger partial charge in [-0.2, -0.15) is 4.98 Å². The Kier molecular flexibility index (Phi) is 3.20. The Morgan fingerprint density at radius 1 is 1.65 bits per heavy atom. The summed E-state index contributed by atoms with van der Waals surface area (Å²) in [5, 5.41) is 12.3. The van der Waals surface area contributed by atoms with E-state index in [2.05, 4.69) is 10.1 Å². The first-order valence-electron chi connectivity index (χ1n) is 4.87. The van der Waals surface area contributed by atoms with Crippen LogP contribution in [0.25, 0.3) is 11.6 Å². The second-order valence-corrected chi connectivity index (χ2v) is 3.28. The molecule has 0 saturated carbocycles. The number of rotatable bonds is 5. The highest BCUT2D eigenvalue weighted by Crippen LogP contribution is 2.16. The summed E-state index contributed by atoms with van der Waals surface area (Å²) in [6, 6.07) is 3.39.